The number of imide groups is 1. The molecule has 2 aliphatic rings. The van der Waals surface area contributed by atoms with Crippen LogP contribution in [0.4, 0.5) is 5.69 Å². The molecule has 0 unspecified atom stereocenters. The maximum atomic E-state index is 13.3. The van der Waals surface area contributed by atoms with Crippen LogP contribution >= 0.6 is 0 Å². The minimum atomic E-state index is -1.43. The molecule has 7 heteroatoms. The second kappa shape index (κ2) is 6.92. The van der Waals surface area contributed by atoms with E-state index >= 15 is 0 Å². The van der Waals surface area contributed by atoms with E-state index in [0.717, 1.165) is 5.56 Å². The van der Waals surface area contributed by atoms with Gasteiger partial charge in [-0.2, -0.15) is 0 Å². The van der Waals surface area contributed by atoms with Crippen LogP contribution in [0, 0.1) is 0 Å². The number of methoxy groups -OCH3 is 2. The Kier molecular flexibility index (Phi) is 4.53. The van der Waals surface area contributed by atoms with E-state index < -0.39 is 11.3 Å². The third-order valence-electron chi connectivity index (χ3n) is 5.79. The van der Waals surface area contributed by atoms with Gasteiger partial charge < -0.3 is 14.4 Å². The lowest BCUT2D eigenvalue weighted by Crippen LogP contribution is -2.46. The number of likely N-dealkylation sites (tertiary alicyclic amines) is 1. The number of fused-ring (bicyclic) bond motifs is 2. The number of carbonyl (C=O) groups is 3. The van der Waals surface area contributed by atoms with Crippen molar-refractivity contribution in [3.8, 4) is 11.5 Å². The van der Waals surface area contributed by atoms with Crippen LogP contribution in [-0.4, -0.2) is 50.4 Å². The van der Waals surface area contributed by atoms with Crippen LogP contribution in [0.15, 0.2) is 42.5 Å². The molecule has 0 N–H and O–H groups in total. The Morgan fingerprint density at radius 1 is 0.966 bits per heavy atom. The van der Waals surface area contributed by atoms with Crippen molar-refractivity contribution in [2.75, 3.05) is 32.7 Å². The van der Waals surface area contributed by atoms with Gasteiger partial charge in [0.25, 0.3) is 0 Å². The fourth-order valence-corrected chi connectivity index (χ4v) is 4.26. The van der Waals surface area contributed by atoms with Gasteiger partial charge in [0.05, 0.1) is 20.6 Å². The van der Waals surface area contributed by atoms with Gasteiger partial charge in [0, 0.05) is 24.8 Å². The third kappa shape index (κ3) is 2.68. The van der Waals surface area contributed by atoms with Crippen molar-refractivity contribution in [3.05, 3.63) is 53.6 Å². The average Bonchev–Trinajstić information content (AvgIpc) is 3.12. The molecular formula is C22H22N2O5. The first-order chi connectivity index (χ1) is 13.9. The third-order valence-corrected chi connectivity index (χ3v) is 5.79. The number of hydrogen-bond donors (Lipinski definition) is 0. The summed E-state index contributed by atoms with van der Waals surface area (Å²) in [6.07, 6.45) is 0.331. The molecule has 2 aromatic carbocycles. The van der Waals surface area contributed by atoms with Crippen LogP contribution in [-0.2, 0) is 26.2 Å². The Morgan fingerprint density at radius 3 is 2.41 bits per heavy atom. The van der Waals surface area contributed by atoms with Crippen LogP contribution in [0.1, 0.15) is 17.5 Å². The Labute approximate surface area is 168 Å². The molecule has 4 rings (SSSR count). The zero-order chi connectivity index (χ0) is 20.8. The highest BCUT2D eigenvalue weighted by Crippen LogP contribution is 2.47. The summed E-state index contributed by atoms with van der Waals surface area (Å²) in [6.45, 7) is 0.202. The second-order valence-electron chi connectivity index (χ2n) is 7.25. The smallest absolute Gasteiger partial charge is 0.250 e. The molecule has 0 radical (unpaired) electrons. The SMILES string of the molecule is COc1ccc(CCN2C(=O)C[C@@]3(C2=O)C(=O)N(C)c2ccccc23)cc1OC. The van der Waals surface area contributed by atoms with E-state index in [1.54, 1.807) is 45.5 Å². The number of rotatable bonds is 5. The molecule has 2 heterocycles. The number of carbonyl (C=O) groups excluding carboxylic acids is 3. The summed E-state index contributed by atoms with van der Waals surface area (Å²) in [6, 6.07) is 12.6. The summed E-state index contributed by atoms with van der Waals surface area (Å²) < 4.78 is 10.5. The average molecular weight is 394 g/mol. The highest BCUT2D eigenvalue weighted by atomic mass is 16.5. The lowest BCUT2D eigenvalue weighted by Gasteiger charge is -2.21. The van der Waals surface area contributed by atoms with Crippen molar-refractivity contribution in [3.63, 3.8) is 0 Å². The first kappa shape index (κ1) is 19.0. The van der Waals surface area contributed by atoms with Crippen molar-refractivity contribution >= 4 is 23.4 Å². The summed E-state index contributed by atoms with van der Waals surface area (Å²) in [5.74, 6) is 0.0890. The number of ether oxygens (including phenoxy) is 2. The zero-order valence-electron chi connectivity index (χ0n) is 16.6. The topological polar surface area (TPSA) is 76.2 Å². The molecule has 29 heavy (non-hydrogen) atoms. The van der Waals surface area contributed by atoms with Crippen LogP contribution < -0.4 is 14.4 Å². The van der Waals surface area contributed by atoms with Gasteiger partial charge in [0.15, 0.2) is 16.9 Å². The molecule has 1 fully saturated rings. The van der Waals surface area contributed by atoms with E-state index in [9.17, 15) is 14.4 Å². The number of likely N-dealkylation sites (N-methyl/N-ethyl adjacent to an activating group) is 1. The summed E-state index contributed by atoms with van der Waals surface area (Å²) >= 11 is 0. The molecule has 0 aromatic heterocycles. The highest BCUT2D eigenvalue weighted by molar-refractivity contribution is 6.28. The molecule has 7 nitrogen and oxygen atoms in total. The summed E-state index contributed by atoms with van der Waals surface area (Å²) in [5.41, 5.74) is 0.763. The Balaban J connectivity index is 1.59. The van der Waals surface area contributed by atoms with Crippen LogP contribution in [0.5, 0.6) is 11.5 Å². The summed E-state index contributed by atoms with van der Waals surface area (Å²) in [4.78, 5) is 41.8. The Bertz CT molecular complexity index is 1020. The number of nitrogens with zero attached hydrogens (tertiary/aromatic N) is 2. The molecule has 2 aromatic rings. The lowest BCUT2D eigenvalue weighted by atomic mass is 9.80. The monoisotopic (exact) mass is 394 g/mol. The molecular weight excluding hydrogens is 372 g/mol. The van der Waals surface area contributed by atoms with Gasteiger partial charge in [0.2, 0.25) is 17.7 Å². The minimum Gasteiger partial charge on any atom is -0.493 e. The quantitative estimate of drug-likeness (QED) is 0.572. The van der Waals surface area contributed by atoms with Crippen molar-refractivity contribution in [1.82, 2.24) is 4.90 Å². The fraction of sp³-hybridized carbons (Fsp3) is 0.318. The molecule has 3 amide bonds. The first-order valence-corrected chi connectivity index (χ1v) is 9.37. The van der Waals surface area contributed by atoms with E-state index in [-0.39, 0.29) is 24.8 Å². The zero-order valence-corrected chi connectivity index (χ0v) is 16.6. The number of benzene rings is 2. The van der Waals surface area contributed by atoms with Crippen molar-refractivity contribution < 1.29 is 23.9 Å². The van der Waals surface area contributed by atoms with Crippen molar-refractivity contribution in [2.24, 2.45) is 0 Å². The first-order valence-electron chi connectivity index (χ1n) is 9.37. The van der Waals surface area contributed by atoms with Gasteiger partial charge in [-0.15, -0.1) is 0 Å². The normalized spacial score (nSPS) is 20.6. The van der Waals surface area contributed by atoms with Crippen LogP contribution in [0.2, 0.25) is 0 Å². The fourth-order valence-electron chi connectivity index (χ4n) is 4.26. The van der Waals surface area contributed by atoms with E-state index in [1.807, 2.05) is 18.2 Å². The maximum Gasteiger partial charge on any atom is 0.250 e. The van der Waals surface area contributed by atoms with Gasteiger partial charge in [-0.1, -0.05) is 24.3 Å². The molecule has 150 valence electrons. The molecule has 0 saturated carbocycles. The van der Waals surface area contributed by atoms with Crippen molar-refractivity contribution in [2.45, 2.75) is 18.3 Å². The molecule has 2 aliphatic heterocycles. The largest absolute Gasteiger partial charge is 0.493 e. The summed E-state index contributed by atoms with van der Waals surface area (Å²) in [7, 11) is 4.75. The van der Waals surface area contributed by atoms with E-state index in [2.05, 4.69) is 0 Å². The van der Waals surface area contributed by atoms with Gasteiger partial charge >= 0.3 is 0 Å². The van der Waals surface area contributed by atoms with Crippen LogP contribution in [0.25, 0.3) is 0 Å². The number of amides is 3. The lowest BCUT2D eigenvalue weighted by molar-refractivity contribution is -0.141. The minimum absolute atomic E-state index is 0.127. The predicted molar refractivity (Wildman–Crippen MR) is 106 cm³/mol. The maximum absolute atomic E-state index is 13.3. The Hall–Kier alpha value is -3.35. The number of hydrogen-bond acceptors (Lipinski definition) is 5. The number of para-hydroxylation sites is 1. The van der Waals surface area contributed by atoms with E-state index in [0.29, 0.717) is 29.2 Å². The van der Waals surface area contributed by atoms with Gasteiger partial charge in [-0.25, -0.2) is 0 Å². The highest BCUT2D eigenvalue weighted by Gasteiger charge is 2.62. The molecule has 1 spiro atoms. The van der Waals surface area contributed by atoms with Gasteiger partial charge in [0.1, 0.15) is 0 Å². The van der Waals surface area contributed by atoms with Crippen molar-refractivity contribution in [1.29, 1.82) is 0 Å². The van der Waals surface area contributed by atoms with E-state index in [4.69, 9.17) is 9.47 Å². The van der Waals surface area contributed by atoms with Crippen LogP contribution in [0.3, 0.4) is 0 Å². The summed E-state index contributed by atoms with van der Waals surface area (Å²) in [5, 5.41) is 0. The molecule has 0 aliphatic carbocycles. The molecule has 1 saturated heterocycles. The number of anilines is 1. The predicted octanol–water partition coefficient (Wildman–Crippen LogP) is 1.92. The van der Waals surface area contributed by atoms with Gasteiger partial charge in [-0.3, -0.25) is 19.3 Å². The standard InChI is InChI=1S/C22H22N2O5/c1-23-16-7-5-4-6-15(16)22(20(23)26)13-19(25)24(21(22)27)11-10-14-8-9-17(28-2)18(12-14)29-3/h4-9,12H,10-11,13H2,1-3H3/t22-/m0/s1. The van der Waals surface area contributed by atoms with Gasteiger partial charge in [-0.05, 0) is 30.2 Å². The second-order valence-corrected chi connectivity index (χ2v) is 7.25. The molecule has 1 atom stereocenters. The Morgan fingerprint density at radius 2 is 1.69 bits per heavy atom. The molecule has 0 bridgehead atoms. The van der Waals surface area contributed by atoms with E-state index in [1.165, 1.54) is 9.80 Å².